The minimum absolute atomic E-state index is 0.390. The van der Waals surface area contributed by atoms with E-state index in [4.69, 9.17) is 23.2 Å². The molecule has 0 unspecified atom stereocenters. The third-order valence-corrected chi connectivity index (χ3v) is 2.90. The van der Waals surface area contributed by atoms with Gasteiger partial charge in [-0.1, -0.05) is 23.2 Å². The lowest BCUT2D eigenvalue weighted by Crippen LogP contribution is -2.19. The number of carbonyl (C=O) groups excluding carboxylic acids is 1. The van der Waals surface area contributed by atoms with Crippen molar-refractivity contribution in [2.45, 2.75) is 0 Å². The summed E-state index contributed by atoms with van der Waals surface area (Å²) in [6, 6.07) is 4.41. The van der Waals surface area contributed by atoms with Gasteiger partial charge in [-0.2, -0.15) is 0 Å². The number of hydrogen-bond acceptors (Lipinski definition) is 3. The summed E-state index contributed by atoms with van der Waals surface area (Å²) in [5.41, 5.74) is 0.525. The molecular formula is C10H7Cl2N3OS. The average molecular weight is 288 g/mol. The van der Waals surface area contributed by atoms with Crippen LogP contribution in [0.25, 0.3) is 0 Å². The number of halogens is 2. The van der Waals surface area contributed by atoms with Crippen LogP contribution in [0.1, 0.15) is 0 Å². The summed E-state index contributed by atoms with van der Waals surface area (Å²) in [7, 11) is 0. The first-order valence-corrected chi connectivity index (χ1v) is 6.20. The van der Waals surface area contributed by atoms with Crippen LogP contribution in [0, 0.1) is 0 Å². The highest BCUT2D eigenvalue weighted by atomic mass is 35.5. The first-order valence-electron chi connectivity index (χ1n) is 4.57. The Kier molecular flexibility index (Phi) is 3.83. The van der Waals surface area contributed by atoms with Gasteiger partial charge in [0.2, 0.25) is 0 Å². The van der Waals surface area contributed by atoms with E-state index in [9.17, 15) is 4.79 Å². The van der Waals surface area contributed by atoms with Crippen molar-refractivity contribution >= 4 is 51.4 Å². The van der Waals surface area contributed by atoms with Crippen LogP contribution < -0.4 is 10.6 Å². The van der Waals surface area contributed by atoms with E-state index in [0.717, 1.165) is 0 Å². The molecule has 0 saturated carbocycles. The van der Waals surface area contributed by atoms with Gasteiger partial charge in [0, 0.05) is 27.3 Å². The second-order valence-corrected chi connectivity index (χ2v) is 4.84. The zero-order valence-electron chi connectivity index (χ0n) is 8.41. The Hall–Kier alpha value is -1.30. The molecule has 7 heteroatoms. The van der Waals surface area contributed by atoms with E-state index in [1.807, 2.05) is 0 Å². The Morgan fingerprint density at radius 1 is 1.18 bits per heavy atom. The molecule has 2 amide bonds. The first-order chi connectivity index (χ1) is 8.13. The van der Waals surface area contributed by atoms with Crippen LogP contribution in [0.5, 0.6) is 0 Å². The van der Waals surface area contributed by atoms with Gasteiger partial charge in [-0.05, 0) is 18.2 Å². The van der Waals surface area contributed by atoms with Crippen LogP contribution in [0.15, 0.2) is 29.8 Å². The summed E-state index contributed by atoms with van der Waals surface area (Å²) in [6.45, 7) is 0. The maximum atomic E-state index is 11.6. The quantitative estimate of drug-likeness (QED) is 0.874. The molecule has 17 heavy (non-hydrogen) atoms. The molecule has 2 rings (SSSR count). The molecule has 2 aromatic rings. The Labute approximate surface area is 112 Å². The second-order valence-electron chi connectivity index (χ2n) is 3.07. The highest BCUT2D eigenvalue weighted by Gasteiger charge is 2.05. The molecule has 0 radical (unpaired) electrons. The standard InChI is InChI=1S/C10H7Cl2N3OS/c11-6-3-7(12)5-8(4-6)14-9(16)15-10-13-1-2-17-10/h1-5H,(H2,13,14,15,16). The predicted molar refractivity (Wildman–Crippen MR) is 71.2 cm³/mol. The maximum absolute atomic E-state index is 11.6. The topological polar surface area (TPSA) is 54.0 Å². The average Bonchev–Trinajstić information content (AvgIpc) is 2.67. The Bertz CT molecular complexity index is 510. The smallest absolute Gasteiger partial charge is 0.308 e. The summed E-state index contributed by atoms with van der Waals surface area (Å²) in [5, 5.41) is 8.40. The number of rotatable bonds is 2. The lowest BCUT2D eigenvalue weighted by molar-refractivity contribution is 0.262. The van der Waals surface area contributed by atoms with Crippen LogP contribution in [0.4, 0.5) is 15.6 Å². The fraction of sp³-hybridized carbons (Fsp3) is 0. The minimum Gasteiger partial charge on any atom is -0.308 e. The minimum atomic E-state index is -0.390. The lowest BCUT2D eigenvalue weighted by Gasteiger charge is -2.06. The molecule has 0 aliphatic heterocycles. The summed E-state index contributed by atoms with van der Waals surface area (Å²) in [6.07, 6.45) is 1.61. The number of thiazole rings is 1. The number of carbonyl (C=O) groups is 1. The third kappa shape index (κ3) is 3.59. The molecule has 0 aliphatic carbocycles. The molecule has 4 nitrogen and oxygen atoms in total. The number of benzene rings is 1. The first kappa shape index (κ1) is 12.2. The monoisotopic (exact) mass is 287 g/mol. The van der Waals surface area contributed by atoms with Crippen molar-refractivity contribution in [3.63, 3.8) is 0 Å². The molecule has 0 fully saturated rings. The number of anilines is 2. The van der Waals surface area contributed by atoms with E-state index in [-0.39, 0.29) is 0 Å². The van der Waals surface area contributed by atoms with E-state index >= 15 is 0 Å². The molecular weight excluding hydrogens is 281 g/mol. The third-order valence-electron chi connectivity index (χ3n) is 1.77. The van der Waals surface area contributed by atoms with Crippen LogP contribution in [-0.2, 0) is 0 Å². The maximum Gasteiger partial charge on any atom is 0.325 e. The Morgan fingerprint density at radius 3 is 2.47 bits per heavy atom. The van der Waals surface area contributed by atoms with Crippen molar-refractivity contribution in [3.8, 4) is 0 Å². The Balaban J connectivity index is 2.03. The van der Waals surface area contributed by atoms with Gasteiger partial charge in [0.05, 0.1) is 0 Å². The van der Waals surface area contributed by atoms with Gasteiger partial charge in [0.1, 0.15) is 0 Å². The molecule has 1 aromatic carbocycles. The Morgan fingerprint density at radius 2 is 1.88 bits per heavy atom. The van der Waals surface area contributed by atoms with E-state index in [2.05, 4.69) is 15.6 Å². The van der Waals surface area contributed by atoms with E-state index in [1.165, 1.54) is 11.3 Å². The lowest BCUT2D eigenvalue weighted by atomic mass is 10.3. The van der Waals surface area contributed by atoms with E-state index in [1.54, 1.807) is 29.8 Å². The van der Waals surface area contributed by atoms with Crippen LogP contribution in [0.2, 0.25) is 10.0 Å². The van der Waals surface area contributed by atoms with Crippen LogP contribution in [0.3, 0.4) is 0 Å². The largest absolute Gasteiger partial charge is 0.325 e. The normalized spacial score (nSPS) is 10.0. The molecule has 0 bridgehead atoms. The summed E-state index contributed by atoms with van der Waals surface area (Å²) >= 11 is 13.0. The van der Waals surface area contributed by atoms with Crippen molar-refractivity contribution in [1.29, 1.82) is 0 Å². The fourth-order valence-electron chi connectivity index (χ4n) is 1.17. The molecule has 1 aromatic heterocycles. The van der Waals surface area contributed by atoms with E-state index < -0.39 is 6.03 Å². The van der Waals surface area contributed by atoms with Crippen molar-refractivity contribution in [2.75, 3.05) is 10.6 Å². The highest BCUT2D eigenvalue weighted by Crippen LogP contribution is 2.22. The number of amides is 2. The van der Waals surface area contributed by atoms with Crippen molar-refractivity contribution in [3.05, 3.63) is 39.8 Å². The van der Waals surface area contributed by atoms with Gasteiger partial charge in [0.25, 0.3) is 0 Å². The molecule has 0 saturated heterocycles. The van der Waals surface area contributed by atoms with Gasteiger partial charge >= 0.3 is 6.03 Å². The summed E-state index contributed by atoms with van der Waals surface area (Å²) < 4.78 is 0. The molecule has 2 N–H and O–H groups in total. The number of hydrogen-bond donors (Lipinski definition) is 2. The fourth-order valence-corrected chi connectivity index (χ4v) is 2.22. The van der Waals surface area contributed by atoms with Gasteiger partial charge in [0.15, 0.2) is 5.13 Å². The predicted octanol–water partition coefficient (Wildman–Crippen LogP) is 4.09. The number of nitrogens with one attached hydrogen (secondary N) is 2. The van der Waals surface area contributed by atoms with Gasteiger partial charge in [-0.25, -0.2) is 9.78 Å². The molecule has 0 aliphatic rings. The van der Waals surface area contributed by atoms with Crippen LogP contribution in [-0.4, -0.2) is 11.0 Å². The molecule has 0 spiro atoms. The molecule has 0 atom stereocenters. The molecule has 88 valence electrons. The zero-order valence-corrected chi connectivity index (χ0v) is 10.7. The van der Waals surface area contributed by atoms with E-state index in [0.29, 0.717) is 20.9 Å². The summed E-state index contributed by atoms with van der Waals surface area (Å²) in [4.78, 5) is 15.5. The van der Waals surface area contributed by atoms with Crippen molar-refractivity contribution < 1.29 is 4.79 Å². The number of urea groups is 1. The van der Waals surface area contributed by atoms with Crippen LogP contribution >= 0.6 is 34.5 Å². The SMILES string of the molecule is O=C(Nc1cc(Cl)cc(Cl)c1)Nc1nccs1. The van der Waals surface area contributed by atoms with Crippen molar-refractivity contribution in [2.24, 2.45) is 0 Å². The van der Waals surface area contributed by atoms with Gasteiger partial charge in [-0.3, -0.25) is 5.32 Å². The second kappa shape index (κ2) is 5.35. The summed E-state index contributed by atoms with van der Waals surface area (Å²) in [5.74, 6) is 0. The molecule has 1 heterocycles. The van der Waals surface area contributed by atoms with Crippen molar-refractivity contribution in [1.82, 2.24) is 4.98 Å². The number of aromatic nitrogens is 1. The highest BCUT2D eigenvalue weighted by molar-refractivity contribution is 7.13. The zero-order chi connectivity index (χ0) is 12.3. The van der Waals surface area contributed by atoms with Gasteiger partial charge < -0.3 is 5.32 Å². The number of nitrogens with zero attached hydrogens (tertiary/aromatic N) is 1. The van der Waals surface area contributed by atoms with Gasteiger partial charge in [-0.15, -0.1) is 11.3 Å².